The van der Waals surface area contributed by atoms with Gasteiger partial charge in [-0.2, -0.15) is 13.2 Å². The standard InChI is InChI=1S/C18H25F3O3S/c1-17(2,3)25(23,24)12-6-4-5-7-16(22)13-14-8-10-15(11-9-14)18(19,20)21/h8-11H,4-7,12-13H2,1-3H3. The monoisotopic (exact) mass is 378 g/mol. The van der Waals surface area contributed by atoms with Crippen LogP contribution in [0.25, 0.3) is 0 Å². The van der Waals surface area contributed by atoms with Gasteiger partial charge in [-0.3, -0.25) is 4.79 Å². The molecule has 0 aliphatic carbocycles. The Morgan fingerprint density at radius 2 is 1.52 bits per heavy atom. The molecule has 7 heteroatoms. The van der Waals surface area contributed by atoms with Crippen LogP contribution >= 0.6 is 0 Å². The summed E-state index contributed by atoms with van der Waals surface area (Å²) >= 11 is 0. The number of Topliss-reactive ketones (excluding diaryl/α,β-unsaturated/α-hetero) is 1. The third-order valence-electron chi connectivity index (χ3n) is 3.98. The Kier molecular flexibility index (Phi) is 7.23. The lowest BCUT2D eigenvalue weighted by Gasteiger charge is -2.18. The van der Waals surface area contributed by atoms with Gasteiger partial charge in [0.25, 0.3) is 0 Å². The third kappa shape index (κ3) is 7.18. The van der Waals surface area contributed by atoms with Crippen molar-refractivity contribution in [2.75, 3.05) is 5.75 Å². The van der Waals surface area contributed by atoms with Crippen molar-refractivity contribution in [1.82, 2.24) is 0 Å². The summed E-state index contributed by atoms with van der Waals surface area (Å²) in [4.78, 5) is 11.9. The van der Waals surface area contributed by atoms with Gasteiger partial charge >= 0.3 is 6.18 Å². The number of carbonyl (C=O) groups excluding carboxylic acids is 1. The maximum absolute atomic E-state index is 12.5. The van der Waals surface area contributed by atoms with Crippen LogP contribution < -0.4 is 0 Å². The van der Waals surface area contributed by atoms with Crippen molar-refractivity contribution >= 4 is 15.6 Å². The van der Waals surface area contributed by atoms with Gasteiger partial charge in [-0.25, -0.2) is 8.42 Å². The van der Waals surface area contributed by atoms with Gasteiger partial charge in [-0.1, -0.05) is 18.6 Å². The summed E-state index contributed by atoms with van der Waals surface area (Å²) in [6.45, 7) is 4.99. The summed E-state index contributed by atoms with van der Waals surface area (Å²) in [6, 6.07) is 4.58. The molecule has 0 atom stereocenters. The fraction of sp³-hybridized carbons (Fsp3) is 0.611. The van der Waals surface area contributed by atoms with Crippen LogP contribution in [0, 0.1) is 0 Å². The molecule has 1 aromatic rings. The predicted octanol–water partition coefficient (Wildman–Crippen LogP) is 4.59. The van der Waals surface area contributed by atoms with Crippen LogP contribution in [-0.2, 0) is 27.2 Å². The van der Waals surface area contributed by atoms with Crippen molar-refractivity contribution in [2.45, 2.75) is 63.8 Å². The van der Waals surface area contributed by atoms with Gasteiger partial charge in [0.15, 0.2) is 9.84 Å². The first kappa shape index (κ1) is 21.7. The minimum Gasteiger partial charge on any atom is -0.299 e. The number of ketones is 1. The highest BCUT2D eigenvalue weighted by Gasteiger charge is 2.30. The quantitative estimate of drug-likeness (QED) is 0.622. The second kappa shape index (κ2) is 8.34. The van der Waals surface area contributed by atoms with Crippen LogP contribution in [0.3, 0.4) is 0 Å². The Morgan fingerprint density at radius 1 is 0.960 bits per heavy atom. The van der Waals surface area contributed by atoms with E-state index in [9.17, 15) is 26.4 Å². The summed E-state index contributed by atoms with van der Waals surface area (Å²) in [5.74, 6) is 0.0438. The van der Waals surface area contributed by atoms with Gasteiger partial charge in [0, 0.05) is 12.8 Å². The lowest BCUT2D eigenvalue weighted by atomic mass is 10.0. The number of alkyl halides is 3. The van der Waals surface area contributed by atoms with Gasteiger partial charge in [-0.05, 0) is 51.3 Å². The van der Waals surface area contributed by atoms with E-state index in [1.165, 1.54) is 12.1 Å². The van der Waals surface area contributed by atoms with E-state index in [2.05, 4.69) is 0 Å². The lowest BCUT2D eigenvalue weighted by molar-refractivity contribution is -0.137. The highest BCUT2D eigenvalue weighted by Crippen LogP contribution is 2.29. The van der Waals surface area contributed by atoms with Gasteiger partial charge in [0.05, 0.1) is 16.1 Å². The number of sulfone groups is 1. The molecule has 0 N–H and O–H groups in total. The second-order valence-corrected chi connectivity index (χ2v) is 10.0. The van der Waals surface area contributed by atoms with Gasteiger partial charge in [-0.15, -0.1) is 0 Å². The van der Waals surface area contributed by atoms with Gasteiger partial charge < -0.3 is 0 Å². The summed E-state index contributed by atoms with van der Waals surface area (Å²) in [5.41, 5.74) is -0.183. The zero-order valence-electron chi connectivity index (χ0n) is 14.8. The molecular formula is C18H25F3O3S. The Labute approximate surface area is 147 Å². The summed E-state index contributed by atoms with van der Waals surface area (Å²) in [7, 11) is -3.14. The zero-order chi connectivity index (χ0) is 19.3. The van der Waals surface area contributed by atoms with E-state index in [0.717, 1.165) is 12.1 Å². The molecule has 142 valence electrons. The van der Waals surface area contributed by atoms with Crippen molar-refractivity contribution in [3.8, 4) is 0 Å². The van der Waals surface area contributed by atoms with E-state index in [1.807, 2.05) is 0 Å². The normalized spacial score (nSPS) is 13.0. The topological polar surface area (TPSA) is 51.2 Å². The minimum atomic E-state index is -4.38. The largest absolute Gasteiger partial charge is 0.416 e. The Hall–Kier alpha value is -1.37. The molecule has 0 saturated heterocycles. The van der Waals surface area contributed by atoms with E-state index >= 15 is 0 Å². The fourth-order valence-electron chi connectivity index (χ4n) is 2.22. The van der Waals surface area contributed by atoms with Crippen molar-refractivity contribution in [2.24, 2.45) is 0 Å². The van der Waals surface area contributed by atoms with Crippen LogP contribution in [0.2, 0.25) is 0 Å². The van der Waals surface area contributed by atoms with Crippen molar-refractivity contribution in [1.29, 1.82) is 0 Å². The smallest absolute Gasteiger partial charge is 0.299 e. The van der Waals surface area contributed by atoms with E-state index in [4.69, 9.17) is 0 Å². The molecule has 1 aromatic carbocycles. The van der Waals surface area contributed by atoms with Crippen molar-refractivity contribution < 1.29 is 26.4 Å². The molecule has 0 aromatic heterocycles. The molecule has 0 spiro atoms. The molecule has 0 fully saturated rings. The second-order valence-electron chi connectivity index (χ2n) is 7.15. The number of hydrogen-bond acceptors (Lipinski definition) is 3. The van der Waals surface area contributed by atoms with Gasteiger partial charge in [0.2, 0.25) is 0 Å². The fourth-order valence-corrected chi connectivity index (χ4v) is 3.42. The molecular weight excluding hydrogens is 353 g/mol. The summed E-state index contributed by atoms with van der Waals surface area (Å²) in [6.07, 6.45) is -2.26. The Morgan fingerprint density at radius 3 is 2.00 bits per heavy atom. The Balaban J connectivity index is 2.34. The minimum absolute atomic E-state index is 0.0570. The molecule has 0 amide bonds. The SMILES string of the molecule is CC(C)(C)S(=O)(=O)CCCCCC(=O)Cc1ccc(C(F)(F)F)cc1. The number of halogens is 3. The van der Waals surface area contributed by atoms with E-state index in [1.54, 1.807) is 20.8 Å². The van der Waals surface area contributed by atoms with Crippen LogP contribution in [0.1, 0.15) is 57.6 Å². The number of hydrogen-bond donors (Lipinski definition) is 0. The molecule has 0 unspecified atom stereocenters. The highest BCUT2D eigenvalue weighted by atomic mass is 32.2. The van der Waals surface area contributed by atoms with Crippen molar-refractivity contribution in [3.63, 3.8) is 0 Å². The zero-order valence-corrected chi connectivity index (χ0v) is 15.6. The van der Waals surface area contributed by atoms with E-state index in [0.29, 0.717) is 31.2 Å². The third-order valence-corrected chi connectivity index (χ3v) is 6.68. The molecule has 25 heavy (non-hydrogen) atoms. The van der Waals surface area contributed by atoms with Crippen molar-refractivity contribution in [3.05, 3.63) is 35.4 Å². The highest BCUT2D eigenvalue weighted by molar-refractivity contribution is 7.92. The summed E-state index contributed by atoms with van der Waals surface area (Å²) in [5, 5.41) is 0. The average molecular weight is 378 g/mol. The van der Waals surface area contributed by atoms with Crippen LogP contribution in [0.5, 0.6) is 0 Å². The first-order valence-corrected chi connectivity index (χ1v) is 9.88. The number of unbranched alkanes of at least 4 members (excludes halogenated alkanes) is 2. The van der Waals surface area contributed by atoms with E-state index < -0.39 is 26.3 Å². The maximum atomic E-state index is 12.5. The number of carbonyl (C=O) groups is 1. The van der Waals surface area contributed by atoms with Crippen LogP contribution in [-0.4, -0.2) is 24.7 Å². The molecule has 3 nitrogen and oxygen atoms in total. The maximum Gasteiger partial charge on any atom is 0.416 e. The number of rotatable bonds is 8. The molecule has 0 bridgehead atoms. The predicted molar refractivity (Wildman–Crippen MR) is 92.2 cm³/mol. The van der Waals surface area contributed by atoms with Crippen LogP contribution in [0.15, 0.2) is 24.3 Å². The molecule has 0 radical (unpaired) electrons. The first-order chi connectivity index (χ1) is 11.3. The molecule has 1 rings (SSSR count). The summed E-state index contributed by atoms with van der Waals surface area (Å²) < 4.78 is 60.5. The number of benzene rings is 1. The molecule has 0 aliphatic heterocycles. The average Bonchev–Trinajstić information content (AvgIpc) is 2.45. The molecule has 0 saturated carbocycles. The Bertz CT molecular complexity index is 669. The lowest BCUT2D eigenvalue weighted by Crippen LogP contribution is -2.30. The van der Waals surface area contributed by atoms with Gasteiger partial charge in [0.1, 0.15) is 5.78 Å². The first-order valence-electron chi connectivity index (χ1n) is 8.23. The van der Waals surface area contributed by atoms with E-state index in [-0.39, 0.29) is 18.0 Å². The molecule has 0 heterocycles. The van der Waals surface area contributed by atoms with Crippen LogP contribution in [0.4, 0.5) is 13.2 Å². The molecule has 0 aliphatic rings.